The Balaban J connectivity index is 1.58. The van der Waals surface area contributed by atoms with Gasteiger partial charge in [0.1, 0.15) is 12.7 Å². The third-order valence-electron chi connectivity index (χ3n) is 4.86. The van der Waals surface area contributed by atoms with Crippen LogP contribution in [0.3, 0.4) is 0 Å². The number of carbonyl (C=O) groups is 2. The van der Waals surface area contributed by atoms with Crippen LogP contribution < -0.4 is 9.47 Å². The molecule has 3 rings (SSSR count). The summed E-state index contributed by atoms with van der Waals surface area (Å²) in [5.41, 5.74) is 1.40. The quantitative estimate of drug-likeness (QED) is 0.676. The van der Waals surface area contributed by atoms with Crippen molar-refractivity contribution in [1.29, 1.82) is 5.26 Å². The fourth-order valence-electron chi connectivity index (χ4n) is 3.35. The van der Waals surface area contributed by atoms with Crippen molar-refractivity contribution in [1.82, 2.24) is 9.80 Å². The van der Waals surface area contributed by atoms with Gasteiger partial charge in [0, 0.05) is 19.5 Å². The lowest BCUT2D eigenvalue weighted by molar-refractivity contribution is -0.133. The first kappa shape index (κ1) is 20.2. The number of amides is 2. The molecular weight excluding hydrogens is 370 g/mol. The van der Waals surface area contributed by atoms with Crippen molar-refractivity contribution < 1.29 is 19.1 Å². The third-order valence-corrected chi connectivity index (χ3v) is 4.86. The van der Waals surface area contributed by atoms with Gasteiger partial charge in [0.2, 0.25) is 11.8 Å². The van der Waals surface area contributed by atoms with Crippen LogP contribution >= 0.6 is 0 Å². The van der Waals surface area contributed by atoms with E-state index in [1.54, 1.807) is 35.0 Å². The summed E-state index contributed by atoms with van der Waals surface area (Å²) >= 11 is 0. The molecule has 0 aliphatic carbocycles. The summed E-state index contributed by atoms with van der Waals surface area (Å²) in [6.07, 6.45) is 0.386. The average Bonchev–Trinajstić information content (AvgIpc) is 3.06. The fraction of sp³-hybridized carbons (Fsp3) is 0.318. The maximum absolute atomic E-state index is 12.8. The smallest absolute Gasteiger partial charge is 0.243 e. The minimum atomic E-state index is -0.379. The fourth-order valence-corrected chi connectivity index (χ4v) is 3.35. The zero-order chi connectivity index (χ0) is 20.8. The lowest BCUT2D eigenvalue weighted by Gasteiger charge is -2.28. The summed E-state index contributed by atoms with van der Waals surface area (Å²) in [6.45, 7) is 0.404. The summed E-state index contributed by atoms with van der Waals surface area (Å²) in [4.78, 5) is 28.2. The summed E-state index contributed by atoms with van der Waals surface area (Å²) in [5, 5.41) is 8.95. The lowest BCUT2D eigenvalue weighted by Crippen LogP contribution is -2.34. The van der Waals surface area contributed by atoms with E-state index in [4.69, 9.17) is 14.7 Å². The van der Waals surface area contributed by atoms with Crippen LogP contribution in [0.5, 0.6) is 11.5 Å². The van der Waals surface area contributed by atoms with E-state index in [0.717, 1.165) is 5.56 Å². The van der Waals surface area contributed by atoms with E-state index in [-0.39, 0.29) is 30.9 Å². The topological polar surface area (TPSA) is 82.9 Å². The number of nitriles is 1. The van der Waals surface area contributed by atoms with Gasteiger partial charge in [0.25, 0.3) is 0 Å². The van der Waals surface area contributed by atoms with Crippen molar-refractivity contribution in [2.24, 2.45) is 0 Å². The van der Waals surface area contributed by atoms with Gasteiger partial charge in [0.15, 0.2) is 11.5 Å². The molecule has 0 spiro atoms. The minimum Gasteiger partial charge on any atom is -0.493 e. The Kier molecular flexibility index (Phi) is 6.35. The van der Waals surface area contributed by atoms with Gasteiger partial charge >= 0.3 is 0 Å². The maximum atomic E-state index is 12.8. The molecule has 7 nitrogen and oxygen atoms in total. The van der Waals surface area contributed by atoms with Crippen molar-refractivity contribution in [3.05, 3.63) is 59.7 Å². The Labute approximate surface area is 170 Å². The molecule has 0 unspecified atom stereocenters. The first-order valence-electron chi connectivity index (χ1n) is 9.36. The molecule has 0 aromatic heterocycles. The molecule has 2 amide bonds. The number of methoxy groups -OCH3 is 1. The standard InChI is InChI=1S/C22H23N3O4/c1-24-21(27)15-25(22(24)17-7-4-3-5-8-17)20(26)9-6-12-29-18-11-10-16(14-23)13-19(18)28-2/h3-5,7-8,10-11,13,22H,6,9,12,15H2,1-2H3/t22-/m1/s1. The van der Waals surface area contributed by atoms with Gasteiger partial charge in [-0.05, 0) is 24.1 Å². The van der Waals surface area contributed by atoms with Crippen molar-refractivity contribution in [3.63, 3.8) is 0 Å². The number of hydrogen-bond acceptors (Lipinski definition) is 5. The van der Waals surface area contributed by atoms with E-state index in [2.05, 4.69) is 0 Å². The Morgan fingerprint density at radius 1 is 1.21 bits per heavy atom. The molecule has 1 aliphatic rings. The number of nitrogens with zero attached hydrogens (tertiary/aromatic N) is 3. The van der Waals surface area contributed by atoms with Gasteiger partial charge in [-0.25, -0.2) is 0 Å². The molecule has 0 radical (unpaired) electrons. The van der Waals surface area contributed by atoms with Crippen LogP contribution in [0.1, 0.15) is 30.1 Å². The Hall–Kier alpha value is -3.53. The van der Waals surface area contributed by atoms with Crippen LogP contribution in [0.4, 0.5) is 0 Å². The Morgan fingerprint density at radius 3 is 2.66 bits per heavy atom. The second-order valence-corrected chi connectivity index (χ2v) is 6.74. The molecule has 29 heavy (non-hydrogen) atoms. The second-order valence-electron chi connectivity index (χ2n) is 6.74. The van der Waals surface area contributed by atoms with E-state index in [0.29, 0.717) is 30.1 Å². The molecule has 1 aliphatic heterocycles. The highest BCUT2D eigenvalue weighted by molar-refractivity contribution is 5.88. The molecule has 0 N–H and O–H groups in total. The minimum absolute atomic E-state index is 0.0780. The zero-order valence-electron chi connectivity index (χ0n) is 16.5. The number of ether oxygens (including phenoxy) is 2. The average molecular weight is 393 g/mol. The first-order valence-corrected chi connectivity index (χ1v) is 9.36. The monoisotopic (exact) mass is 393 g/mol. The number of likely N-dealkylation sites (N-methyl/N-ethyl adjacent to an activating group) is 1. The highest BCUT2D eigenvalue weighted by Gasteiger charge is 2.38. The van der Waals surface area contributed by atoms with Gasteiger partial charge < -0.3 is 19.3 Å². The molecule has 1 atom stereocenters. The molecule has 1 fully saturated rings. The van der Waals surface area contributed by atoms with Crippen molar-refractivity contribution in [2.75, 3.05) is 27.3 Å². The highest BCUT2D eigenvalue weighted by Crippen LogP contribution is 2.30. The molecule has 7 heteroatoms. The van der Waals surface area contributed by atoms with Gasteiger partial charge in [-0.3, -0.25) is 9.59 Å². The molecule has 0 saturated carbocycles. The van der Waals surface area contributed by atoms with Gasteiger partial charge in [-0.1, -0.05) is 30.3 Å². The van der Waals surface area contributed by atoms with E-state index < -0.39 is 0 Å². The second kappa shape index (κ2) is 9.11. The Bertz CT molecular complexity index is 923. The van der Waals surface area contributed by atoms with Crippen molar-refractivity contribution in [2.45, 2.75) is 19.0 Å². The van der Waals surface area contributed by atoms with Crippen LogP contribution in [-0.4, -0.2) is 48.9 Å². The zero-order valence-corrected chi connectivity index (χ0v) is 16.5. The predicted octanol–water partition coefficient (Wildman–Crippen LogP) is 2.73. The number of benzene rings is 2. The Morgan fingerprint density at radius 2 is 1.97 bits per heavy atom. The van der Waals surface area contributed by atoms with Crippen LogP contribution in [0.25, 0.3) is 0 Å². The van der Waals surface area contributed by atoms with Crippen molar-refractivity contribution in [3.8, 4) is 17.6 Å². The van der Waals surface area contributed by atoms with Crippen LogP contribution in [0.15, 0.2) is 48.5 Å². The summed E-state index contributed by atoms with van der Waals surface area (Å²) < 4.78 is 11.0. The lowest BCUT2D eigenvalue weighted by atomic mass is 10.1. The molecule has 1 saturated heterocycles. The van der Waals surface area contributed by atoms with E-state index in [9.17, 15) is 9.59 Å². The van der Waals surface area contributed by atoms with E-state index in [1.165, 1.54) is 7.11 Å². The summed E-state index contributed by atoms with van der Waals surface area (Å²) in [5.74, 6) is 0.834. The normalized spacial score (nSPS) is 15.9. The SMILES string of the molecule is COc1cc(C#N)ccc1OCCCC(=O)N1CC(=O)N(C)[C@H]1c1ccccc1. The number of carbonyl (C=O) groups excluding carboxylic acids is 2. The highest BCUT2D eigenvalue weighted by atomic mass is 16.5. The van der Waals surface area contributed by atoms with Crippen molar-refractivity contribution >= 4 is 11.8 Å². The van der Waals surface area contributed by atoms with Crippen LogP contribution in [0.2, 0.25) is 0 Å². The van der Waals surface area contributed by atoms with Gasteiger partial charge in [-0.15, -0.1) is 0 Å². The van der Waals surface area contributed by atoms with Crippen LogP contribution in [-0.2, 0) is 9.59 Å². The maximum Gasteiger partial charge on any atom is 0.243 e. The molecule has 1 heterocycles. The van der Waals surface area contributed by atoms with Crippen LogP contribution in [0, 0.1) is 11.3 Å². The third kappa shape index (κ3) is 4.49. The van der Waals surface area contributed by atoms with E-state index >= 15 is 0 Å². The molecule has 150 valence electrons. The van der Waals surface area contributed by atoms with E-state index in [1.807, 2.05) is 36.4 Å². The largest absolute Gasteiger partial charge is 0.493 e. The predicted molar refractivity (Wildman–Crippen MR) is 106 cm³/mol. The molecule has 2 aromatic carbocycles. The molecule has 2 aromatic rings. The molecular formula is C22H23N3O4. The number of hydrogen-bond donors (Lipinski definition) is 0. The van der Waals surface area contributed by atoms with Gasteiger partial charge in [-0.2, -0.15) is 5.26 Å². The van der Waals surface area contributed by atoms with Gasteiger partial charge in [0.05, 0.1) is 25.3 Å². The number of rotatable bonds is 7. The molecule has 0 bridgehead atoms. The summed E-state index contributed by atoms with van der Waals surface area (Å²) in [7, 11) is 3.23. The summed E-state index contributed by atoms with van der Waals surface area (Å²) in [6, 6.07) is 16.5. The first-order chi connectivity index (χ1) is 14.0.